The van der Waals surface area contributed by atoms with E-state index >= 15 is 0 Å². The molecule has 4 heterocycles. The van der Waals surface area contributed by atoms with E-state index in [4.69, 9.17) is 4.98 Å². The molecule has 11 heteroatoms. The van der Waals surface area contributed by atoms with Gasteiger partial charge in [0, 0.05) is 69.1 Å². The SMILES string of the molecule is CCN(CC)C1CN(c2nc(N3CCNCC3)c3cnc(-c4cccc5c4C(F)(F)CC5)c(C(F)F)c3n2)C1. The first-order valence-electron chi connectivity index (χ1n) is 13.8. The summed E-state index contributed by atoms with van der Waals surface area (Å²) in [5.74, 6) is -2.14. The molecule has 0 unspecified atom stereocenters. The zero-order chi connectivity index (χ0) is 27.3. The number of hydrogen-bond acceptors (Lipinski definition) is 7. The smallest absolute Gasteiger partial charge is 0.274 e. The Morgan fingerprint density at radius 3 is 2.51 bits per heavy atom. The molecule has 0 radical (unpaired) electrons. The number of halogens is 4. The first-order valence-corrected chi connectivity index (χ1v) is 13.8. The summed E-state index contributed by atoms with van der Waals surface area (Å²) in [6, 6.07) is 5.10. The molecule has 0 amide bonds. The molecule has 1 aromatic carbocycles. The molecule has 0 bridgehead atoms. The van der Waals surface area contributed by atoms with Crippen molar-refractivity contribution in [2.24, 2.45) is 0 Å². The molecule has 2 aliphatic heterocycles. The largest absolute Gasteiger partial charge is 0.353 e. The van der Waals surface area contributed by atoms with Crippen LogP contribution in [0.5, 0.6) is 0 Å². The quantitative estimate of drug-likeness (QED) is 0.437. The van der Waals surface area contributed by atoms with Crippen molar-refractivity contribution in [3.05, 3.63) is 41.1 Å². The van der Waals surface area contributed by atoms with Crippen LogP contribution in [0.4, 0.5) is 29.3 Å². The van der Waals surface area contributed by atoms with Crippen molar-refractivity contribution >= 4 is 22.7 Å². The number of nitrogens with one attached hydrogen (secondary N) is 1. The van der Waals surface area contributed by atoms with Crippen molar-refractivity contribution < 1.29 is 17.6 Å². The highest BCUT2D eigenvalue weighted by Gasteiger charge is 2.42. The van der Waals surface area contributed by atoms with Gasteiger partial charge in [0.1, 0.15) is 5.82 Å². The van der Waals surface area contributed by atoms with Crippen LogP contribution < -0.4 is 15.1 Å². The summed E-state index contributed by atoms with van der Waals surface area (Å²) in [5.41, 5.74) is -0.117. The van der Waals surface area contributed by atoms with E-state index in [0.29, 0.717) is 54.9 Å². The number of likely N-dealkylation sites (N-methyl/N-ethyl adjacent to an activating group) is 1. The van der Waals surface area contributed by atoms with Gasteiger partial charge >= 0.3 is 0 Å². The molecule has 208 valence electrons. The maximum atomic E-state index is 15.0. The molecule has 0 atom stereocenters. The van der Waals surface area contributed by atoms with Crippen LogP contribution in [-0.4, -0.2) is 78.3 Å². The van der Waals surface area contributed by atoms with Gasteiger partial charge in [-0.05, 0) is 25.1 Å². The van der Waals surface area contributed by atoms with Crippen molar-refractivity contribution in [3.8, 4) is 11.3 Å². The molecule has 1 aliphatic carbocycles. The second-order valence-electron chi connectivity index (χ2n) is 10.5. The molecule has 0 saturated carbocycles. The highest BCUT2D eigenvalue weighted by atomic mass is 19.3. The van der Waals surface area contributed by atoms with Gasteiger partial charge in [0.25, 0.3) is 12.3 Å². The maximum absolute atomic E-state index is 15.0. The summed E-state index contributed by atoms with van der Waals surface area (Å²) >= 11 is 0. The Labute approximate surface area is 225 Å². The summed E-state index contributed by atoms with van der Waals surface area (Å²) in [7, 11) is 0. The number of nitrogens with zero attached hydrogens (tertiary/aromatic N) is 6. The summed E-state index contributed by atoms with van der Waals surface area (Å²) in [6.07, 6.45) is -1.60. The van der Waals surface area contributed by atoms with Gasteiger partial charge in [-0.2, -0.15) is 4.98 Å². The first-order chi connectivity index (χ1) is 18.8. The predicted octanol–water partition coefficient (Wildman–Crippen LogP) is 4.61. The van der Waals surface area contributed by atoms with Gasteiger partial charge in [-0.25, -0.2) is 22.5 Å². The summed E-state index contributed by atoms with van der Waals surface area (Å²) < 4.78 is 59.7. The lowest BCUT2D eigenvalue weighted by molar-refractivity contribution is -0.00134. The van der Waals surface area contributed by atoms with Crippen molar-refractivity contribution in [1.29, 1.82) is 0 Å². The highest BCUT2D eigenvalue weighted by molar-refractivity contribution is 5.95. The number of aryl methyl sites for hydroxylation is 1. The van der Waals surface area contributed by atoms with Crippen molar-refractivity contribution in [2.75, 3.05) is 62.2 Å². The van der Waals surface area contributed by atoms with Gasteiger partial charge < -0.3 is 15.1 Å². The number of rotatable bonds is 7. The van der Waals surface area contributed by atoms with Crippen LogP contribution in [0.15, 0.2) is 24.4 Å². The lowest BCUT2D eigenvalue weighted by atomic mass is 9.95. The Morgan fingerprint density at radius 2 is 1.82 bits per heavy atom. The van der Waals surface area contributed by atoms with Gasteiger partial charge in [0.05, 0.1) is 22.2 Å². The zero-order valence-corrected chi connectivity index (χ0v) is 22.2. The van der Waals surface area contributed by atoms with Crippen LogP contribution >= 0.6 is 0 Å². The van der Waals surface area contributed by atoms with Gasteiger partial charge in [-0.3, -0.25) is 9.88 Å². The van der Waals surface area contributed by atoms with Crippen LogP contribution in [0.2, 0.25) is 0 Å². The summed E-state index contributed by atoms with van der Waals surface area (Å²) in [5, 5.41) is 3.72. The lowest BCUT2D eigenvalue weighted by Crippen LogP contribution is -2.60. The molecule has 3 aromatic rings. The molecule has 39 heavy (non-hydrogen) atoms. The fourth-order valence-electron chi connectivity index (χ4n) is 6.21. The van der Waals surface area contributed by atoms with Crippen molar-refractivity contribution in [2.45, 2.75) is 45.1 Å². The third-order valence-electron chi connectivity index (χ3n) is 8.34. The molecule has 2 aromatic heterocycles. The van der Waals surface area contributed by atoms with Crippen molar-refractivity contribution in [1.82, 2.24) is 25.2 Å². The Balaban J connectivity index is 1.52. The highest BCUT2D eigenvalue weighted by Crippen LogP contribution is 2.48. The third kappa shape index (κ3) is 4.49. The van der Waals surface area contributed by atoms with Crippen LogP contribution in [0.1, 0.15) is 43.4 Å². The Bertz CT molecular complexity index is 1370. The number of anilines is 2. The molecular formula is C28H33F4N7. The molecule has 6 rings (SSSR count). The minimum atomic E-state index is -3.10. The van der Waals surface area contributed by atoms with E-state index in [1.165, 1.54) is 12.3 Å². The number of hydrogen-bond donors (Lipinski definition) is 1. The van der Waals surface area contributed by atoms with Gasteiger partial charge in [0.15, 0.2) is 0 Å². The van der Waals surface area contributed by atoms with Gasteiger partial charge in [-0.1, -0.05) is 32.0 Å². The minimum absolute atomic E-state index is 0.0571. The van der Waals surface area contributed by atoms with Crippen LogP contribution in [0.3, 0.4) is 0 Å². The summed E-state index contributed by atoms with van der Waals surface area (Å²) in [4.78, 5) is 20.4. The van der Waals surface area contributed by atoms with Crippen LogP contribution in [0, 0.1) is 0 Å². The lowest BCUT2D eigenvalue weighted by Gasteiger charge is -2.45. The number of benzene rings is 1. The fraction of sp³-hybridized carbons (Fsp3) is 0.536. The standard InChI is InChI=1S/C28H33F4N7/c1-3-37(4-2)18-15-39(16-18)27-35-24-20(26(36-27)38-12-10-33-11-13-38)14-34-23(21(24)25(29)30)19-7-5-6-17-8-9-28(31,32)22(17)19/h5-7,14,18,25,33H,3-4,8-13,15-16H2,1-2H3. The third-order valence-corrected chi connectivity index (χ3v) is 8.34. The number of fused-ring (bicyclic) bond motifs is 2. The molecular weight excluding hydrogens is 510 g/mol. The Morgan fingerprint density at radius 1 is 1.08 bits per heavy atom. The van der Waals surface area contributed by atoms with Gasteiger partial charge in [-0.15, -0.1) is 0 Å². The second-order valence-corrected chi connectivity index (χ2v) is 10.5. The molecule has 7 nitrogen and oxygen atoms in total. The normalized spacial score (nSPS) is 19.3. The predicted molar refractivity (Wildman–Crippen MR) is 144 cm³/mol. The van der Waals surface area contributed by atoms with Crippen molar-refractivity contribution in [3.63, 3.8) is 0 Å². The first kappa shape index (κ1) is 26.2. The van der Waals surface area contributed by atoms with Crippen LogP contribution in [-0.2, 0) is 12.3 Å². The van der Waals surface area contributed by atoms with E-state index in [0.717, 1.165) is 26.2 Å². The number of piperazine rings is 1. The zero-order valence-electron chi connectivity index (χ0n) is 22.2. The summed E-state index contributed by atoms with van der Waals surface area (Å²) in [6.45, 7) is 10.3. The van der Waals surface area contributed by atoms with Gasteiger partial charge in [0.2, 0.25) is 5.95 Å². The van der Waals surface area contributed by atoms with E-state index < -0.39 is 17.9 Å². The average molecular weight is 544 g/mol. The number of aromatic nitrogens is 3. The fourth-order valence-corrected chi connectivity index (χ4v) is 6.21. The molecule has 2 fully saturated rings. The molecule has 0 spiro atoms. The van der Waals surface area contributed by atoms with E-state index in [2.05, 4.69) is 38.9 Å². The second kappa shape index (κ2) is 10.2. The molecule has 1 N–H and O–H groups in total. The number of pyridine rings is 1. The van der Waals surface area contributed by atoms with E-state index in [1.807, 2.05) is 4.90 Å². The Hall–Kier alpha value is -3.05. The molecule has 3 aliphatic rings. The molecule has 2 saturated heterocycles. The average Bonchev–Trinajstić information content (AvgIpc) is 3.24. The van der Waals surface area contributed by atoms with E-state index in [-0.39, 0.29) is 35.2 Å². The van der Waals surface area contributed by atoms with E-state index in [1.54, 1.807) is 12.1 Å². The number of alkyl halides is 4. The Kier molecular flexibility index (Phi) is 6.83. The minimum Gasteiger partial charge on any atom is -0.353 e. The topological polar surface area (TPSA) is 60.4 Å². The maximum Gasteiger partial charge on any atom is 0.274 e. The monoisotopic (exact) mass is 543 g/mol. The van der Waals surface area contributed by atoms with E-state index in [9.17, 15) is 17.6 Å². The van der Waals surface area contributed by atoms with Crippen LogP contribution in [0.25, 0.3) is 22.2 Å².